The number of likely N-dealkylation sites (tertiary alicyclic amines) is 1. The van der Waals surface area contributed by atoms with E-state index in [1.807, 2.05) is 0 Å². The van der Waals surface area contributed by atoms with E-state index in [1.54, 1.807) is 6.92 Å². The number of carbonyl (C=O) groups is 3. The topological polar surface area (TPSA) is 101 Å². The van der Waals surface area contributed by atoms with Gasteiger partial charge in [0, 0.05) is 24.2 Å². The lowest BCUT2D eigenvalue weighted by Gasteiger charge is -2.20. The number of primary amides is 1. The van der Waals surface area contributed by atoms with E-state index in [4.69, 9.17) is 10.8 Å². The summed E-state index contributed by atoms with van der Waals surface area (Å²) in [5.41, 5.74) is 5.00. The summed E-state index contributed by atoms with van der Waals surface area (Å²) >= 11 is 0. The molecule has 2 amide bonds. The zero-order valence-corrected chi connectivity index (χ0v) is 11.1. The van der Waals surface area contributed by atoms with Crippen LogP contribution in [-0.2, 0) is 4.79 Å². The van der Waals surface area contributed by atoms with Crippen LogP contribution in [0.2, 0.25) is 0 Å². The lowest BCUT2D eigenvalue weighted by Crippen LogP contribution is -2.34. The Labute approximate surface area is 116 Å². The van der Waals surface area contributed by atoms with Crippen molar-refractivity contribution in [3.8, 4) is 0 Å². The molecule has 2 rings (SSSR count). The van der Waals surface area contributed by atoms with Crippen LogP contribution in [-0.4, -0.2) is 40.9 Å². The van der Waals surface area contributed by atoms with Crippen LogP contribution in [0.3, 0.4) is 0 Å². The van der Waals surface area contributed by atoms with Crippen LogP contribution in [0, 0.1) is 5.41 Å². The Hall–Kier alpha value is -2.37. The monoisotopic (exact) mass is 276 g/mol. The van der Waals surface area contributed by atoms with Crippen LogP contribution >= 0.6 is 0 Å². The average molecular weight is 276 g/mol. The molecule has 1 aromatic carbocycles. The van der Waals surface area contributed by atoms with Crippen molar-refractivity contribution in [1.82, 2.24) is 4.90 Å². The van der Waals surface area contributed by atoms with E-state index in [0.717, 1.165) is 0 Å². The molecule has 1 aromatic rings. The van der Waals surface area contributed by atoms with E-state index >= 15 is 0 Å². The number of carboxylic acids is 1. The number of carbonyl (C=O) groups excluding carboxylic acids is 2. The summed E-state index contributed by atoms with van der Waals surface area (Å²) in [5.74, 6) is -1.67. The van der Waals surface area contributed by atoms with Gasteiger partial charge in [0.05, 0.1) is 5.41 Å². The fraction of sp³-hybridized carbons (Fsp3) is 0.357. The Morgan fingerprint density at radius 2 is 1.75 bits per heavy atom. The van der Waals surface area contributed by atoms with Crippen molar-refractivity contribution in [2.24, 2.45) is 11.1 Å². The standard InChI is InChI=1S/C14H16N2O4/c1-14(13(19)20)6-7-16(8-14)12(18)10-4-2-9(3-5-10)11(15)17/h2-5H,6-8H2,1H3,(H2,15,17)(H,19,20). The first-order valence-electron chi connectivity index (χ1n) is 6.26. The number of nitrogens with two attached hydrogens (primary N) is 1. The minimum atomic E-state index is -0.892. The van der Waals surface area contributed by atoms with Crippen LogP contribution in [0.15, 0.2) is 24.3 Å². The van der Waals surface area contributed by atoms with Gasteiger partial charge >= 0.3 is 5.97 Å². The smallest absolute Gasteiger partial charge is 0.311 e. The molecular formula is C14H16N2O4. The van der Waals surface area contributed by atoms with Crippen molar-refractivity contribution >= 4 is 17.8 Å². The summed E-state index contributed by atoms with van der Waals surface area (Å²) in [6, 6.07) is 6.03. The first-order chi connectivity index (χ1) is 9.33. The molecule has 0 radical (unpaired) electrons. The molecule has 1 saturated heterocycles. The largest absolute Gasteiger partial charge is 0.481 e. The zero-order chi connectivity index (χ0) is 14.9. The van der Waals surface area contributed by atoms with Gasteiger partial charge in [0.15, 0.2) is 0 Å². The Balaban J connectivity index is 2.13. The van der Waals surface area contributed by atoms with Crippen molar-refractivity contribution < 1.29 is 19.5 Å². The molecule has 1 aliphatic heterocycles. The summed E-state index contributed by atoms with van der Waals surface area (Å²) in [5, 5.41) is 9.15. The van der Waals surface area contributed by atoms with E-state index in [9.17, 15) is 14.4 Å². The third-order valence-corrected chi connectivity index (χ3v) is 3.69. The Kier molecular flexibility index (Phi) is 3.48. The van der Waals surface area contributed by atoms with Crippen molar-refractivity contribution in [3.63, 3.8) is 0 Å². The molecule has 1 fully saturated rings. The van der Waals surface area contributed by atoms with Crippen molar-refractivity contribution in [3.05, 3.63) is 35.4 Å². The minimum absolute atomic E-state index is 0.193. The predicted molar refractivity (Wildman–Crippen MR) is 71.2 cm³/mol. The predicted octanol–water partition coefficient (Wildman–Crippen LogP) is 0.722. The van der Waals surface area contributed by atoms with E-state index < -0.39 is 17.3 Å². The quantitative estimate of drug-likeness (QED) is 0.849. The van der Waals surface area contributed by atoms with E-state index in [1.165, 1.54) is 29.2 Å². The SMILES string of the molecule is CC1(C(=O)O)CCN(C(=O)c2ccc(C(N)=O)cc2)C1. The highest BCUT2D eigenvalue weighted by atomic mass is 16.4. The van der Waals surface area contributed by atoms with Gasteiger partial charge in [0.1, 0.15) is 0 Å². The van der Waals surface area contributed by atoms with Gasteiger partial charge in [-0.3, -0.25) is 14.4 Å². The second kappa shape index (κ2) is 4.96. The van der Waals surface area contributed by atoms with Crippen LogP contribution in [0.25, 0.3) is 0 Å². The normalized spacial score (nSPS) is 21.8. The van der Waals surface area contributed by atoms with Gasteiger partial charge in [-0.2, -0.15) is 0 Å². The van der Waals surface area contributed by atoms with Crippen molar-refractivity contribution in [2.75, 3.05) is 13.1 Å². The third-order valence-electron chi connectivity index (χ3n) is 3.69. The molecule has 0 aromatic heterocycles. The molecule has 1 atom stereocenters. The number of benzene rings is 1. The van der Waals surface area contributed by atoms with Gasteiger partial charge in [-0.05, 0) is 37.6 Å². The lowest BCUT2D eigenvalue weighted by molar-refractivity contribution is -0.147. The van der Waals surface area contributed by atoms with Gasteiger partial charge in [-0.15, -0.1) is 0 Å². The van der Waals surface area contributed by atoms with Crippen molar-refractivity contribution in [2.45, 2.75) is 13.3 Å². The molecule has 106 valence electrons. The molecule has 1 heterocycles. The van der Waals surface area contributed by atoms with E-state index in [2.05, 4.69) is 0 Å². The highest BCUT2D eigenvalue weighted by Gasteiger charge is 2.42. The molecule has 6 heteroatoms. The molecule has 0 bridgehead atoms. The maximum atomic E-state index is 12.3. The van der Waals surface area contributed by atoms with E-state index in [-0.39, 0.29) is 12.5 Å². The van der Waals surface area contributed by atoms with Crippen LogP contribution in [0.5, 0.6) is 0 Å². The highest BCUT2D eigenvalue weighted by molar-refractivity contribution is 5.97. The molecule has 1 aliphatic rings. The fourth-order valence-electron chi connectivity index (χ4n) is 2.27. The van der Waals surface area contributed by atoms with Crippen LogP contribution in [0.4, 0.5) is 0 Å². The number of hydrogen-bond acceptors (Lipinski definition) is 3. The third kappa shape index (κ3) is 2.49. The Morgan fingerprint density at radius 3 is 2.20 bits per heavy atom. The van der Waals surface area contributed by atoms with Gasteiger partial charge in [0.25, 0.3) is 5.91 Å². The maximum Gasteiger partial charge on any atom is 0.311 e. The molecule has 0 spiro atoms. The van der Waals surface area contributed by atoms with Crippen LogP contribution < -0.4 is 5.73 Å². The van der Waals surface area contributed by atoms with Gasteiger partial charge in [-0.25, -0.2) is 0 Å². The molecule has 1 unspecified atom stereocenters. The first kappa shape index (κ1) is 14.0. The number of amides is 2. The number of rotatable bonds is 3. The highest BCUT2D eigenvalue weighted by Crippen LogP contribution is 2.30. The number of carboxylic acid groups (broad SMARTS) is 1. The summed E-state index contributed by atoms with van der Waals surface area (Å²) < 4.78 is 0. The second-order valence-corrected chi connectivity index (χ2v) is 5.28. The number of nitrogens with zero attached hydrogens (tertiary/aromatic N) is 1. The summed E-state index contributed by atoms with van der Waals surface area (Å²) in [6.45, 7) is 2.25. The first-order valence-corrected chi connectivity index (χ1v) is 6.26. The van der Waals surface area contributed by atoms with Gasteiger partial charge in [0.2, 0.25) is 5.91 Å². The van der Waals surface area contributed by atoms with Gasteiger partial charge < -0.3 is 15.7 Å². The summed E-state index contributed by atoms with van der Waals surface area (Å²) in [7, 11) is 0. The van der Waals surface area contributed by atoms with Gasteiger partial charge in [-0.1, -0.05) is 0 Å². The second-order valence-electron chi connectivity index (χ2n) is 5.28. The Bertz CT molecular complexity index is 567. The molecule has 0 saturated carbocycles. The zero-order valence-electron chi connectivity index (χ0n) is 11.1. The van der Waals surface area contributed by atoms with E-state index in [0.29, 0.717) is 24.1 Å². The maximum absolute atomic E-state index is 12.3. The fourth-order valence-corrected chi connectivity index (χ4v) is 2.27. The molecule has 0 aliphatic carbocycles. The molecule has 3 N–H and O–H groups in total. The van der Waals surface area contributed by atoms with Crippen molar-refractivity contribution in [1.29, 1.82) is 0 Å². The summed E-state index contributed by atoms with van der Waals surface area (Å²) in [4.78, 5) is 35.9. The Morgan fingerprint density at radius 1 is 1.20 bits per heavy atom. The molecule has 6 nitrogen and oxygen atoms in total. The average Bonchev–Trinajstić information content (AvgIpc) is 2.82. The minimum Gasteiger partial charge on any atom is -0.481 e. The molecule has 20 heavy (non-hydrogen) atoms. The molecular weight excluding hydrogens is 260 g/mol. The van der Waals surface area contributed by atoms with Crippen LogP contribution in [0.1, 0.15) is 34.1 Å². The lowest BCUT2D eigenvalue weighted by atomic mass is 9.90. The number of aliphatic carboxylic acids is 1. The number of hydrogen-bond donors (Lipinski definition) is 2. The summed E-state index contributed by atoms with van der Waals surface area (Å²) in [6.07, 6.45) is 0.438.